The fourth-order valence-electron chi connectivity index (χ4n) is 2.63. The number of carbonyl (C=O) groups is 1. The van der Waals surface area contributed by atoms with Gasteiger partial charge in [-0.05, 0) is 25.3 Å². The van der Waals surface area contributed by atoms with E-state index in [4.69, 9.17) is 4.74 Å². The van der Waals surface area contributed by atoms with Crippen molar-refractivity contribution in [3.8, 4) is 0 Å². The van der Waals surface area contributed by atoms with Gasteiger partial charge in [-0.15, -0.1) is 11.3 Å². The first-order valence-electron chi connectivity index (χ1n) is 8.96. The highest BCUT2D eigenvalue weighted by atomic mass is 32.1. The van der Waals surface area contributed by atoms with Crippen LogP contribution in [0.15, 0.2) is 22.5 Å². The van der Waals surface area contributed by atoms with Crippen LogP contribution in [0.1, 0.15) is 18.7 Å². The number of likely N-dealkylation sites (N-methyl/N-ethyl adjacent to an activating group) is 1. The molecule has 0 saturated carbocycles. The third-order valence-electron chi connectivity index (χ3n) is 4.44. The van der Waals surface area contributed by atoms with Gasteiger partial charge < -0.3 is 20.3 Å². The lowest BCUT2D eigenvalue weighted by molar-refractivity contribution is -0.127. The van der Waals surface area contributed by atoms with Crippen molar-refractivity contribution in [3.63, 3.8) is 0 Å². The summed E-state index contributed by atoms with van der Waals surface area (Å²) in [6, 6.07) is 4.11. The Labute approximate surface area is 160 Å². The lowest BCUT2D eigenvalue weighted by Crippen LogP contribution is -2.56. The summed E-state index contributed by atoms with van der Waals surface area (Å²) < 4.78 is 5.45. The van der Waals surface area contributed by atoms with Crippen LogP contribution in [0.5, 0.6) is 0 Å². The summed E-state index contributed by atoms with van der Waals surface area (Å²) in [7, 11) is 3.48. The molecule has 146 valence electrons. The van der Waals surface area contributed by atoms with Crippen molar-refractivity contribution >= 4 is 23.2 Å². The van der Waals surface area contributed by atoms with Gasteiger partial charge in [-0.25, -0.2) is 4.99 Å². The number of morpholine rings is 1. The first-order chi connectivity index (χ1) is 12.4. The molecule has 2 heterocycles. The normalized spacial score (nSPS) is 16.4. The van der Waals surface area contributed by atoms with Crippen molar-refractivity contribution in [3.05, 3.63) is 22.4 Å². The Balaban J connectivity index is 1.95. The summed E-state index contributed by atoms with van der Waals surface area (Å²) in [5, 5.41) is 8.79. The standard InChI is InChI=1S/C18H31N5O2S/c1-18(2,23-7-9-25-10-8-23)14-21-17(20-13-16(24)22(3)4)19-12-15-6-5-11-26-15/h5-6,11H,7-10,12-14H2,1-4H3,(H2,19,20,21). The molecule has 2 rings (SSSR count). The molecule has 7 nitrogen and oxygen atoms in total. The minimum absolute atomic E-state index is 0.0188. The van der Waals surface area contributed by atoms with Crippen LogP contribution in [0.25, 0.3) is 0 Å². The number of ether oxygens (including phenoxy) is 1. The van der Waals surface area contributed by atoms with Gasteiger partial charge in [0.05, 0.1) is 19.8 Å². The molecule has 1 fully saturated rings. The van der Waals surface area contributed by atoms with Gasteiger partial charge in [0, 0.05) is 44.1 Å². The van der Waals surface area contributed by atoms with E-state index in [1.807, 2.05) is 6.07 Å². The molecular weight excluding hydrogens is 350 g/mol. The monoisotopic (exact) mass is 381 g/mol. The molecule has 8 heteroatoms. The van der Waals surface area contributed by atoms with E-state index in [0.29, 0.717) is 12.5 Å². The minimum Gasteiger partial charge on any atom is -0.379 e. The van der Waals surface area contributed by atoms with Crippen LogP contribution in [-0.2, 0) is 16.1 Å². The van der Waals surface area contributed by atoms with E-state index >= 15 is 0 Å². The lowest BCUT2D eigenvalue weighted by atomic mass is 10.0. The highest BCUT2D eigenvalue weighted by molar-refractivity contribution is 7.09. The van der Waals surface area contributed by atoms with Crippen LogP contribution in [0, 0.1) is 0 Å². The van der Waals surface area contributed by atoms with E-state index in [2.05, 4.69) is 45.8 Å². The SMILES string of the molecule is CN(C)C(=O)CN=C(NCc1cccs1)NCC(C)(C)N1CCOCC1. The van der Waals surface area contributed by atoms with Crippen LogP contribution in [0.4, 0.5) is 0 Å². The van der Waals surface area contributed by atoms with Crippen molar-refractivity contribution in [2.75, 3.05) is 53.5 Å². The first-order valence-corrected chi connectivity index (χ1v) is 9.84. The van der Waals surface area contributed by atoms with Gasteiger partial charge >= 0.3 is 0 Å². The zero-order chi connectivity index (χ0) is 19.0. The van der Waals surface area contributed by atoms with Crippen molar-refractivity contribution < 1.29 is 9.53 Å². The zero-order valence-corrected chi connectivity index (χ0v) is 17.1. The van der Waals surface area contributed by atoms with Crippen molar-refractivity contribution in [1.82, 2.24) is 20.4 Å². The summed E-state index contributed by atoms with van der Waals surface area (Å²) >= 11 is 1.70. The van der Waals surface area contributed by atoms with Crippen LogP contribution in [0.2, 0.25) is 0 Å². The van der Waals surface area contributed by atoms with Gasteiger partial charge in [-0.1, -0.05) is 6.07 Å². The number of hydrogen-bond acceptors (Lipinski definition) is 5. The van der Waals surface area contributed by atoms with E-state index in [9.17, 15) is 4.79 Å². The number of guanidine groups is 1. The number of nitrogens with one attached hydrogen (secondary N) is 2. The average Bonchev–Trinajstić information content (AvgIpc) is 3.15. The predicted octanol–water partition coefficient (Wildman–Crippen LogP) is 0.982. The summed E-state index contributed by atoms with van der Waals surface area (Å²) in [5.74, 6) is 0.643. The Morgan fingerprint density at radius 1 is 1.35 bits per heavy atom. The maximum absolute atomic E-state index is 11.9. The summed E-state index contributed by atoms with van der Waals surface area (Å²) in [4.78, 5) is 21.5. The van der Waals surface area contributed by atoms with Crippen LogP contribution < -0.4 is 10.6 Å². The number of amides is 1. The number of hydrogen-bond donors (Lipinski definition) is 2. The Morgan fingerprint density at radius 3 is 2.69 bits per heavy atom. The predicted molar refractivity (Wildman–Crippen MR) is 107 cm³/mol. The van der Waals surface area contributed by atoms with E-state index < -0.39 is 0 Å². The Bertz CT molecular complexity index is 580. The van der Waals surface area contributed by atoms with Crippen LogP contribution in [-0.4, -0.2) is 80.7 Å². The highest BCUT2D eigenvalue weighted by Gasteiger charge is 2.28. The van der Waals surface area contributed by atoms with Crippen molar-refractivity contribution in [2.24, 2.45) is 4.99 Å². The largest absolute Gasteiger partial charge is 0.379 e. The molecule has 0 radical (unpaired) electrons. The summed E-state index contributed by atoms with van der Waals surface area (Å²) in [6.45, 7) is 9.41. The summed E-state index contributed by atoms with van der Waals surface area (Å²) in [5.41, 5.74) is -0.0271. The number of aliphatic imine (C=N–C) groups is 1. The van der Waals surface area contributed by atoms with E-state index in [1.165, 1.54) is 4.88 Å². The second-order valence-electron chi connectivity index (χ2n) is 7.15. The molecule has 26 heavy (non-hydrogen) atoms. The molecule has 0 spiro atoms. The molecule has 1 saturated heterocycles. The van der Waals surface area contributed by atoms with Gasteiger partial charge in [-0.3, -0.25) is 9.69 Å². The van der Waals surface area contributed by atoms with Gasteiger partial charge in [0.15, 0.2) is 5.96 Å². The third-order valence-corrected chi connectivity index (χ3v) is 5.31. The minimum atomic E-state index is -0.0271. The number of carbonyl (C=O) groups excluding carboxylic acids is 1. The molecular formula is C18H31N5O2S. The van der Waals surface area contributed by atoms with E-state index in [0.717, 1.165) is 32.8 Å². The molecule has 0 atom stereocenters. The smallest absolute Gasteiger partial charge is 0.243 e. The zero-order valence-electron chi connectivity index (χ0n) is 16.2. The maximum Gasteiger partial charge on any atom is 0.243 e. The molecule has 0 unspecified atom stereocenters. The lowest BCUT2D eigenvalue weighted by Gasteiger charge is -2.41. The Hall–Kier alpha value is -1.64. The molecule has 0 aromatic carbocycles. The topological polar surface area (TPSA) is 69.2 Å². The fourth-order valence-corrected chi connectivity index (χ4v) is 3.27. The number of thiophene rings is 1. The Kier molecular flexibility index (Phi) is 7.86. The van der Waals surface area contributed by atoms with Gasteiger partial charge in [0.2, 0.25) is 5.91 Å². The van der Waals surface area contributed by atoms with Crippen molar-refractivity contribution in [1.29, 1.82) is 0 Å². The first kappa shape index (κ1) is 20.7. The molecule has 1 aliphatic heterocycles. The molecule has 1 aromatic rings. The molecule has 1 amide bonds. The molecule has 0 aliphatic carbocycles. The van der Waals surface area contributed by atoms with Crippen LogP contribution >= 0.6 is 11.3 Å². The second kappa shape index (κ2) is 9.89. The molecule has 1 aliphatic rings. The maximum atomic E-state index is 11.9. The quantitative estimate of drug-likeness (QED) is 0.544. The van der Waals surface area contributed by atoms with Crippen LogP contribution in [0.3, 0.4) is 0 Å². The number of nitrogens with zero attached hydrogens (tertiary/aromatic N) is 3. The third kappa shape index (κ3) is 6.59. The fraction of sp³-hybridized carbons (Fsp3) is 0.667. The summed E-state index contributed by atoms with van der Waals surface area (Å²) in [6.07, 6.45) is 0. The highest BCUT2D eigenvalue weighted by Crippen LogP contribution is 2.15. The van der Waals surface area contributed by atoms with E-state index in [-0.39, 0.29) is 18.0 Å². The number of rotatable bonds is 7. The van der Waals surface area contributed by atoms with Crippen molar-refractivity contribution in [2.45, 2.75) is 25.9 Å². The molecule has 2 N–H and O–H groups in total. The molecule has 0 bridgehead atoms. The van der Waals surface area contributed by atoms with Gasteiger partial charge in [0.25, 0.3) is 0 Å². The second-order valence-corrected chi connectivity index (χ2v) is 8.18. The molecule has 1 aromatic heterocycles. The Morgan fingerprint density at radius 2 is 2.08 bits per heavy atom. The van der Waals surface area contributed by atoms with E-state index in [1.54, 1.807) is 30.3 Å². The van der Waals surface area contributed by atoms with Gasteiger partial charge in [-0.2, -0.15) is 0 Å². The average molecular weight is 382 g/mol. The van der Waals surface area contributed by atoms with Gasteiger partial charge in [0.1, 0.15) is 6.54 Å².